The van der Waals surface area contributed by atoms with Crippen molar-refractivity contribution in [2.75, 3.05) is 20.3 Å². The smallest absolute Gasteiger partial charge is 0.440 e. The lowest BCUT2D eigenvalue weighted by molar-refractivity contribution is 0.0937. The predicted octanol–water partition coefficient (Wildman–Crippen LogP) is 3.11. The maximum Gasteiger partial charge on any atom is 0.440 e. The summed E-state index contributed by atoms with van der Waals surface area (Å²) in [6.07, 6.45) is 0. The van der Waals surface area contributed by atoms with Gasteiger partial charge in [0.2, 0.25) is 0 Å². The molecule has 1 amide bonds. The minimum Gasteiger partial charge on any atom is -0.489 e. The molecular weight excluding hydrogens is 462 g/mol. The third-order valence-corrected chi connectivity index (χ3v) is 5.60. The Morgan fingerprint density at radius 3 is 2.53 bits per heavy atom. The lowest BCUT2D eigenvalue weighted by Gasteiger charge is -2.12. The first kappa shape index (κ1) is 24.7. The van der Waals surface area contributed by atoms with Crippen molar-refractivity contribution < 1.29 is 18.8 Å². The van der Waals surface area contributed by atoms with Gasteiger partial charge < -0.3 is 19.3 Å². The molecule has 0 radical (unpaired) electrons. The molecule has 3 aromatic carbocycles. The normalized spacial score (nSPS) is 10.8. The number of nitrogens with one attached hydrogen (secondary N) is 2. The molecule has 0 saturated carbocycles. The number of aromatic nitrogens is 2. The SMILES string of the molecule is COCCNC(=O)c1ccc(-c2cccc(COc3ccc(Cn4oc(=O)[nH]c4=O)cc3)c2)c(C)c1. The van der Waals surface area contributed by atoms with E-state index in [1.165, 1.54) is 0 Å². The zero-order valence-corrected chi connectivity index (χ0v) is 20.1. The average Bonchev–Trinajstić information content (AvgIpc) is 3.20. The number of H-pyrrole nitrogens is 1. The minimum absolute atomic E-state index is 0.125. The van der Waals surface area contributed by atoms with E-state index in [2.05, 4.69) is 16.4 Å². The van der Waals surface area contributed by atoms with Crippen LogP contribution in [-0.4, -0.2) is 35.9 Å². The van der Waals surface area contributed by atoms with Crippen molar-refractivity contribution in [1.82, 2.24) is 15.0 Å². The number of hydrogen-bond donors (Lipinski definition) is 2. The fourth-order valence-corrected chi connectivity index (χ4v) is 3.77. The number of ether oxygens (including phenoxy) is 2. The van der Waals surface area contributed by atoms with E-state index < -0.39 is 11.4 Å². The van der Waals surface area contributed by atoms with Gasteiger partial charge in [-0.3, -0.25) is 4.79 Å². The quantitative estimate of drug-likeness (QED) is 0.331. The Morgan fingerprint density at radius 1 is 1.03 bits per heavy atom. The first-order chi connectivity index (χ1) is 17.4. The van der Waals surface area contributed by atoms with E-state index in [0.29, 0.717) is 31.1 Å². The summed E-state index contributed by atoms with van der Waals surface area (Å²) in [6.45, 7) is 3.44. The molecule has 1 aromatic heterocycles. The molecule has 0 saturated heterocycles. The first-order valence-corrected chi connectivity index (χ1v) is 11.4. The topological polar surface area (TPSA) is 116 Å². The number of methoxy groups -OCH3 is 1. The highest BCUT2D eigenvalue weighted by Crippen LogP contribution is 2.26. The van der Waals surface area contributed by atoms with Gasteiger partial charge in [0, 0.05) is 19.2 Å². The third kappa shape index (κ3) is 6.19. The minimum atomic E-state index is -0.781. The van der Waals surface area contributed by atoms with E-state index in [1.54, 1.807) is 19.2 Å². The van der Waals surface area contributed by atoms with Crippen LogP contribution in [-0.2, 0) is 17.9 Å². The van der Waals surface area contributed by atoms with Gasteiger partial charge in [0.25, 0.3) is 5.91 Å². The molecule has 4 rings (SSSR count). The van der Waals surface area contributed by atoms with Crippen molar-refractivity contribution in [3.05, 3.63) is 110 Å². The van der Waals surface area contributed by atoms with Crippen molar-refractivity contribution in [3.63, 3.8) is 0 Å². The molecule has 1 heterocycles. The number of hydrogen-bond acceptors (Lipinski definition) is 6. The van der Waals surface area contributed by atoms with Gasteiger partial charge in [-0.25, -0.2) is 14.6 Å². The zero-order valence-electron chi connectivity index (χ0n) is 20.1. The fourth-order valence-electron chi connectivity index (χ4n) is 3.77. The number of nitrogens with zero attached hydrogens (tertiary/aromatic N) is 1. The summed E-state index contributed by atoms with van der Waals surface area (Å²) in [5.41, 5.74) is 4.89. The highest BCUT2D eigenvalue weighted by molar-refractivity contribution is 5.95. The van der Waals surface area contributed by atoms with Crippen LogP contribution in [0.15, 0.2) is 80.8 Å². The second-order valence-electron chi connectivity index (χ2n) is 8.26. The Kier molecular flexibility index (Phi) is 7.82. The summed E-state index contributed by atoms with van der Waals surface area (Å²) in [5.74, 6) is -0.233. The van der Waals surface area contributed by atoms with Gasteiger partial charge in [-0.15, -0.1) is 4.74 Å². The van der Waals surface area contributed by atoms with E-state index in [1.807, 2.05) is 55.5 Å². The Labute approximate surface area is 207 Å². The Bertz CT molecular complexity index is 1450. The van der Waals surface area contributed by atoms with Crippen LogP contribution in [0, 0.1) is 6.92 Å². The molecule has 4 aromatic rings. The van der Waals surface area contributed by atoms with Crippen LogP contribution in [0.3, 0.4) is 0 Å². The first-order valence-electron chi connectivity index (χ1n) is 11.4. The zero-order chi connectivity index (χ0) is 25.5. The summed E-state index contributed by atoms with van der Waals surface area (Å²) >= 11 is 0. The highest BCUT2D eigenvalue weighted by Gasteiger charge is 2.10. The molecule has 186 valence electrons. The molecule has 0 atom stereocenters. The van der Waals surface area contributed by atoms with Crippen LogP contribution in [0.2, 0.25) is 0 Å². The summed E-state index contributed by atoms with van der Waals surface area (Å²) in [4.78, 5) is 37.1. The molecule has 0 unspecified atom stereocenters. The van der Waals surface area contributed by atoms with Crippen LogP contribution in [0.25, 0.3) is 11.1 Å². The third-order valence-electron chi connectivity index (χ3n) is 5.60. The Morgan fingerprint density at radius 2 is 1.83 bits per heavy atom. The van der Waals surface area contributed by atoms with Gasteiger partial charge in [0.05, 0.1) is 13.2 Å². The number of amides is 1. The summed E-state index contributed by atoms with van der Waals surface area (Å²) in [7, 11) is 1.60. The molecule has 0 bridgehead atoms. The monoisotopic (exact) mass is 489 g/mol. The molecule has 0 aliphatic heterocycles. The van der Waals surface area contributed by atoms with Gasteiger partial charge in [0.15, 0.2) is 0 Å². The molecule has 0 spiro atoms. The van der Waals surface area contributed by atoms with Crippen molar-refractivity contribution in [1.29, 1.82) is 0 Å². The highest BCUT2D eigenvalue weighted by atomic mass is 16.5. The van der Waals surface area contributed by atoms with Crippen molar-refractivity contribution in [2.24, 2.45) is 0 Å². The summed E-state index contributed by atoms with van der Waals surface area (Å²) < 4.78 is 16.7. The number of rotatable bonds is 10. The maximum absolute atomic E-state index is 12.3. The summed E-state index contributed by atoms with van der Waals surface area (Å²) in [6, 6.07) is 20.9. The second kappa shape index (κ2) is 11.4. The number of carbonyl (C=O) groups is 1. The lowest BCUT2D eigenvalue weighted by Crippen LogP contribution is -2.26. The predicted molar refractivity (Wildman–Crippen MR) is 134 cm³/mol. The molecular formula is C27H27N3O6. The van der Waals surface area contributed by atoms with Gasteiger partial charge in [-0.05, 0) is 65.1 Å². The largest absolute Gasteiger partial charge is 0.489 e. The number of benzene rings is 3. The second-order valence-corrected chi connectivity index (χ2v) is 8.26. The molecule has 0 aliphatic carbocycles. The van der Waals surface area contributed by atoms with E-state index in [0.717, 1.165) is 32.6 Å². The molecule has 9 heteroatoms. The Hall–Kier alpha value is -4.37. The van der Waals surface area contributed by atoms with Gasteiger partial charge in [-0.1, -0.05) is 36.4 Å². The van der Waals surface area contributed by atoms with Gasteiger partial charge in [0.1, 0.15) is 12.4 Å². The molecule has 36 heavy (non-hydrogen) atoms. The van der Waals surface area contributed by atoms with Crippen LogP contribution in [0.5, 0.6) is 5.75 Å². The average molecular weight is 490 g/mol. The van der Waals surface area contributed by atoms with Gasteiger partial charge in [-0.2, -0.15) is 0 Å². The van der Waals surface area contributed by atoms with Crippen molar-refractivity contribution in [3.8, 4) is 16.9 Å². The number of aromatic amines is 1. The maximum atomic E-state index is 12.3. The fraction of sp³-hybridized carbons (Fsp3) is 0.222. The van der Waals surface area contributed by atoms with E-state index >= 15 is 0 Å². The van der Waals surface area contributed by atoms with Crippen LogP contribution < -0.4 is 21.5 Å². The van der Waals surface area contributed by atoms with E-state index in [4.69, 9.17) is 14.0 Å². The Balaban J connectivity index is 1.39. The molecule has 0 fully saturated rings. The van der Waals surface area contributed by atoms with Crippen LogP contribution in [0.4, 0.5) is 0 Å². The van der Waals surface area contributed by atoms with Gasteiger partial charge >= 0.3 is 11.4 Å². The molecule has 0 aliphatic rings. The molecule has 2 N–H and O–H groups in total. The number of aryl methyl sites for hydroxylation is 1. The van der Waals surface area contributed by atoms with E-state index in [9.17, 15) is 14.4 Å². The van der Waals surface area contributed by atoms with Crippen molar-refractivity contribution in [2.45, 2.75) is 20.1 Å². The summed E-state index contributed by atoms with van der Waals surface area (Å²) in [5, 5.41) is 2.83. The van der Waals surface area contributed by atoms with E-state index in [-0.39, 0.29) is 12.5 Å². The lowest BCUT2D eigenvalue weighted by atomic mass is 9.97. The standard InChI is InChI=1S/C27H27N3O6/c1-18-14-22(25(31)28-12-13-34-2)8-11-24(18)21-5-3-4-20(15-21)17-35-23-9-6-19(7-10-23)16-30-26(32)29-27(33)36-30/h3-11,14-15H,12-13,16-17H2,1-2H3,(H,28,31)(H,29,32,33). The van der Waals surface area contributed by atoms with Crippen LogP contribution in [0.1, 0.15) is 27.0 Å². The number of carbonyl (C=O) groups excluding carboxylic acids is 1. The molecule has 9 nitrogen and oxygen atoms in total. The van der Waals surface area contributed by atoms with Crippen LogP contribution >= 0.6 is 0 Å². The van der Waals surface area contributed by atoms with Crippen molar-refractivity contribution >= 4 is 5.91 Å².